The van der Waals surface area contributed by atoms with Crippen molar-refractivity contribution in [2.45, 2.75) is 18.9 Å². The summed E-state index contributed by atoms with van der Waals surface area (Å²) in [5.74, 6) is 1.63. The molecule has 0 saturated carbocycles. The highest BCUT2D eigenvalue weighted by molar-refractivity contribution is 7.08. The first-order valence-electron chi connectivity index (χ1n) is 9.89. The molecule has 4 fully saturated rings. The minimum absolute atomic E-state index is 0.0833. The van der Waals surface area contributed by atoms with Crippen molar-refractivity contribution in [2.75, 3.05) is 64.7 Å². The Labute approximate surface area is 160 Å². The maximum absolute atomic E-state index is 12.1. The van der Waals surface area contributed by atoms with E-state index in [0.717, 1.165) is 24.1 Å². The zero-order valence-electron chi connectivity index (χ0n) is 15.7. The molecule has 6 nitrogen and oxygen atoms in total. The number of carbonyl (C=O) groups is 1. The van der Waals surface area contributed by atoms with Crippen LogP contribution >= 0.6 is 11.3 Å². The standard InChI is InChI=1S/C19H31N5OS/c1-22-5-7-23(8-6-22)12-16-13-24-4-2-15(16)10-18(24)11-20-19(25)21-17-3-9-26-14-17/h3,9,14-16,18H,2,4-8,10-13H2,1H3,(H2,20,21,25)/t15-,16+,18+/m0/s1. The van der Waals surface area contributed by atoms with E-state index >= 15 is 0 Å². The molecule has 7 heteroatoms. The van der Waals surface area contributed by atoms with Crippen LogP contribution in [0.1, 0.15) is 12.8 Å². The van der Waals surface area contributed by atoms with Gasteiger partial charge in [-0.2, -0.15) is 11.3 Å². The number of fused-ring (bicyclic) bond motifs is 3. The van der Waals surface area contributed by atoms with Crippen LogP contribution in [0.2, 0.25) is 0 Å². The molecule has 0 spiro atoms. The summed E-state index contributed by atoms with van der Waals surface area (Å²) in [6, 6.07) is 2.35. The number of hydrogen-bond acceptors (Lipinski definition) is 5. The minimum atomic E-state index is -0.0833. The van der Waals surface area contributed by atoms with Gasteiger partial charge in [0.05, 0.1) is 5.69 Å². The highest BCUT2D eigenvalue weighted by Crippen LogP contribution is 2.36. The second-order valence-electron chi connectivity index (χ2n) is 8.14. The van der Waals surface area contributed by atoms with Gasteiger partial charge in [-0.25, -0.2) is 4.79 Å². The van der Waals surface area contributed by atoms with E-state index in [1.807, 2.05) is 16.8 Å². The fourth-order valence-corrected chi connectivity index (χ4v) is 5.34. The fourth-order valence-electron chi connectivity index (χ4n) is 4.75. The van der Waals surface area contributed by atoms with E-state index in [9.17, 15) is 4.79 Å². The van der Waals surface area contributed by atoms with Crippen LogP contribution in [0.5, 0.6) is 0 Å². The lowest BCUT2D eigenvalue weighted by molar-refractivity contribution is -0.0155. The van der Waals surface area contributed by atoms with Crippen molar-refractivity contribution in [3.8, 4) is 0 Å². The van der Waals surface area contributed by atoms with E-state index in [2.05, 4.69) is 32.4 Å². The molecular formula is C19H31N5OS. The molecule has 4 saturated heterocycles. The lowest BCUT2D eigenvalue weighted by atomic mass is 9.75. The molecule has 5 rings (SSSR count). The summed E-state index contributed by atoms with van der Waals surface area (Å²) in [5.41, 5.74) is 0.880. The zero-order chi connectivity index (χ0) is 17.9. The molecule has 4 aliphatic rings. The Morgan fingerprint density at radius 3 is 2.81 bits per heavy atom. The molecule has 144 valence electrons. The van der Waals surface area contributed by atoms with Crippen molar-refractivity contribution < 1.29 is 4.79 Å². The highest BCUT2D eigenvalue weighted by Gasteiger charge is 2.40. The molecule has 1 aromatic rings. The fraction of sp³-hybridized carbons (Fsp3) is 0.737. The molecule has 26 heavy (non-hydrogen) atoms. The second kappa shape index (κ2) is 8.25. The Balaban J connectivity index is 1.22. The summed E-state index contributed by atoms with van der Waals surface area (Å²) in [6.45, 7) is 9.25. The van der Waals surface area contributed by atoms with Crippen LogP contribution in [0.25, 0.3) is 0 Å². The van der Waals surface area contributed by atoms with Gasteiger partial charge in [0.15, 0.2) is 0 Å². The molecule has 5 heterocycles. The van der Waals surface area contributed by atoms with Crippen LogP contribution in [0.15, 0.2) is 16.8 Å². The highest BCUT2D eigenvalue weighted by atomic mass is 32.1. The van der Waals surface area contributed by atoms with Gasteiger partial charge < -0.3 is 20.4 Å². The molecule has 1 aromatic heterocycles. The summed E-state index contributed by atoms with van der Waals surface area (Å²) >= 11 is 1.59. The summed E-state index contributed by atoms with van der Waals surface area (Å²) in [7, 11) is 2.22. The van der Waals surface area contributed by atoms with Crippen LogP contribution in [0.4, 0.5) is 10.5 Å². The average molecular weight is 378 g/mol. The van der Waals surface area contributed by atoms with Crippen LogP contribution in [0, 0.1) is 11.8 Å². The van der Waals surface area contributed by atoms with Gasteiger partial charge in [-0.05, 0) is 49.7 Å². The lowest BCUT2D eigenvalue weighted by Crippen LogP contribution is -2.59. The first kappa shape index (κ1) is 18.2. The third-order valence-corrected chi connectivity index (χ3v) is 7.06. The first-order valence-corrected chi connectivity index (χ1v) is 10.8. The smallest absolute Gasteiger partial charge is 0.319 e. The number of anilines is 1. The van der Waals surface area contributed by atoms with Gasteiger partial charge in [-0.1, -0.05) is 0 Å². The number of amides is 2. The van der Waals surface area contributed by atoms with Crippen molar-refractivity contribution in [2.24, 2.45) is 11.8 Å². The third kappa shape index (κ3) is 4.39. The predicted octanol–water partition coefficient (Wildman–Crippen LogP) is 1.83. The van der Waals surface area contributed by atoms with E-state index in [1.165, 1.54) is 58.7 Å². The SMILES string of the molecule is CN1CCN(C[C@@H]2CN3CC[C@H]2C[C@@H]3CNC(=O)Nc2ccsc2)CC1. The molecule has 4 aliphatic heterocycles. The maximum atomic E-state index is 12.1. The number of piperidine rings is 3. The first-order chi connectivity index (χ1) is 12.7. The van der Waals surface area contributed by atoms with Gasteiger partial charge in [0, 0.05) is 57.2 Å². The number of carbonyl (C=O) groups excluding carboxylic acids is 1. The van der Waals surface area contributed by atoms with Gasteiger partial charge in [0.25, 0.3) is 0 Å². The van der Waals surface area contributed by atoms with E-state index in [-0.39, 0.29) is 6.03 Å². The summed E-state index contributed by atoms with van der Waals surface area (Å²) < 4.78 is 0. The van der Waals surface area contributed by atoms with Crippen molar-refractivity contribution in [3.05, 3.63) is 16.8 Å². The third-order valence-electron chi connectivity index (χ3n) is 6.38. The Hall–Kier alpha value is -1.15. The number of hydrogen-bond donors (Lipinski definition) is 2. The van der Waals surface area contributed by atoms with E-state index < -0.39 is 0 Å². The van der Waals surface area contributed by atoms with Gasteiger partial charge in [-0.3, -0.25) is 4.90 Å². The quantitative estimate of drug-likeness (QED) is 0.822. The van der Waals surface area contributed by atoms with Crippen molar-refractivity contribution in [3.63, 3.8) is 0 Å². The Morgan fingerprint density at radius 1 is 1.27 bits per heavy atom. The number of rotatable bonds is 5. The number of nitrogens with zero attached hydrogens (tertiary/aromatic N) is 3. The molecule has 1 unspecified atom stereocenters. The molecule has 0 aliphatic carbocycles. The molecule has 2 amide bonds. The lowest BCUT2D eigenvalue weighted by Gasteiger charge is -2.51. The molecule has 2 N–H and O–H groups in total. The van der Waals surface area contributed by atoms with Crippen molar-refractivity contribution in [1.82, 2.24) is 20.0 Å². The van der Waals surface area contributed by atoms with E-state index in [1.54, 1.807) is 11.3 Å². The van der Waals surface area contributed by atoms with Gasteiger partial charge in [0.1, 0.15) is 0 Å². The number of thiophene rings is 1. The normalized spacial score (nSPS) is 32.5. The Kier molecular flexibility index (Phi) is 5.78. The molecule has 0 aromatic carbocycles. The second-order valence-corrected chi connectivity index (χ2v) is 8.92. The number of likely N-dealkylation sites (N-methyl/N-ethyl adjacent to an activating group) is 1. The molecular weight excluding hydrogens is 346 g/mol. The van der Waals surface area contributed by atoms with Crippen LogP contribution < -0.4 is 10.6 Å². The zero-order valence-corrected chi connectivity index (χ0v) is 16.5. The molecule has 2 bridgehead atoms. The average Bonchev–Trinajstić information content (AvgIpc) is 3.16. The van der Waals surface area contributed by atoms with Crippen LogP contribution in [0.3, 0.4) is 0 Å². The van der Waals surface area contributed by atoms with Crippen molar-refractivity contribution >= 4 is 23.1 Å². The van der Waals surface area contributed by atoms with Crippen molar-refractivity contribution in [1.29, 1.82) is 0 Å². The Morgan fingerprint density at radius 2 is 2.12 bits per heavy atom. The summed E-state index contributed by atoms with van der Waals surface area (Å²) in [5, 5.41) is 9.90. The number of piperazine rings is 1. The van der Waals surface area contributed by atoms with Gasteiger partial charge >= 0.3 is 6.03 Å². The molecule has 0 radical (unpaired) electrons. The van der Waals surface area contributed by atoms with Gasteiger partial charge in [0.2, 0.25) is 0 Å². The predicted molar refractivity (Wildman–Crippen MR) is 107 cm³/mol. The maximum Gasteiger partial charge on any atom is 0.319 e. The monoisotopic (exact) mass is 377 g/mol. The number of urea groups is 1. The van der Waals surface area contributed by atoms with Crippen LogP contribution in [-0.4, -0.2) is 86.2 Å². The number of nitrogens with one attached hydrogen (secondary N) is 2. The van der Waals surface area contributed by atoms with Gasteiger partial charge in [-0.15, -0.1) is 0 Å². The Bertz CT molecular complexity index is 587. The van der Waals surface area contributed by atoms with E-state index in [0.29, 0.717) is 6.04 Å². The largest absolute Gasteiger partial charge is 0.336 e. The summed E-state index contributed by atoms with van der Waals surface area (Å²) in [6.07, 6.45) is 2.56. The minimum Gasteiger partial charge on any atom is -0.336 e. The molecule has 4 atom stereocenters. The van der Waals surface area contributed by atoms with Crippen LogP contribution in [-0.2, 0) is 0 Å². The van der Waals surface area contributed by atoms with E-state index in [4.69, 9.17) is 0 Å². The topological polar surface area (TPSA) is 50.9 Å². The summed E-state index contributed by atoms with van der Waals surface area (Å²) in [4.78, 5) is 19.8.